The molecule has 0 spiro atoms. The van der Waals surface area contributed by atoms with Gasteiger partial charge in [-0.2, -0.15) is 15.0 Å². The minimum absolute atomic E-state index is 0.0570. The number of nitrogens with one attached hydrogen (secondary N) is 1. The van der Waals surface area contributed by atoms with E-state index in [2.05, 4.69) is 20.3 Å². The Morgan fingerprint density at radius 2 is 1.83 bits per heavy atom. The molecule has 23 heavy (non-hydrogen) atoms. The van der Waals surface area contributed by atoms with Crippen LogP contribution in [0, 0.1) is 5.82 Å². The number of thioether (sulfide) groups is 1. The lowest BCUT2D eigenvalue weighted by atomic mass is 10.2. The number of anilines is 2. The van der Waals surface area contributed by atoms with E-state index in [1.54, 1.807) is 19.1 Å². The van der Waals surface area contributed by atoms with Crippen molar-refractivity contribution in [3.63, 3.8) is 0 Å². The SMILES string of the molecule is CC(SCc1nc(N)nc(N)n1)C(=O)NCc1ccc(F)cc1. The fourth-order valence-corrected chi connectivity index (χ4v) is 2.49. The fourth-order valence-electron chi connectivity index (χ4n) is 1.73. The minimum Gasteiger partial charge on any atom is -0.368 e. The first-order valence-electron chi connectivity index (χ1n) is 6.83. The van der Waals surface area contributed by atoms with E-state index in [1.807, 2.05) is 0 Å². The second kappa shape index (κ2) is 7.73. The topological polar surface area (TPSA) is 120 Å². The maximum atomic E-state index is 12.8. The van der Waals surface area contributed by atoms with Gasteiger partial charge in [0.15, 0.2) is 0 Å². The summed E-state index contributed by atoms with van der Waals surface area (Å²) in [6.07, 6.45) is 0. The Labute approximate surface area is 137 Å². The molecule has 5 N–H and O–H groups in total. The molecule has 0 radical (unpaired) electrons. The third kappa shape index (κ3) is 5.37. The second-order valence-electron chi connectivity index (χ2n) is 4.77. The highest BCUT2D eigenvalue weighted by Gasteiger charge is 2.14. The molecule has 1 unspecified atom stereocenters. The number of rotatable bonds is 6. The van der Waals surface area contributed by atoms with E-state index in [4.69, 9.17) is 11.5 Å². The largest absolute Gasteiger partial charge is 0.368 e. The monoisotopic (exact) mass is 336 g/mol. The summed E-state index contributed by atoms with van der Waals surface area (Å²) in [5.74, 6) is 0.498. The van der Waals surface area contributed by atoms with E-state index in [0.29, 0.717) is 18.1 Å². The number of carbonyl (C=O) groups excluding carboxylic acids is 1. The summed E-state index contributed by atoms with van der Waals surface area (Å²) in [6, 6.07) is 5.97. The zero-order valence-corrected chi connectivity index (χ0v) is 13.3. The van der Waals surface area contributed by atoms with E-state index in [9.17, 15) is 9.18 Å². The summed E-state index contributed by atoms with van der Waals surface area (Å²) in [5.41, 5.74) is 11.8. The quantitative estimate of drug-likeness (QED) is 0.723. The van der Waals surface area contributed by atoms with Crippen LogP contribution >= 0.6 is 11.8 Å². The van der Waals surface area contributed by atoms with Crippen molar-refractivity contribution in [2.45, 2.75) is 24.5 Å². The number of aromatic nitrogens is 3. The van der Waals surface area contributed by atoms with E-state index >= 15 is 0 Å². The third-order valence-corrected chi connectivity index (χ3v) is 4.07. The van der Waals surface area contributed by atoms with Crippen molar-refractivity contribution >= 4 is 29.6 Å². The van der Waals surface area contributed by atoms with Crippen molar-refractivity contribution in [1.29, 1.82) is 0 Å². The maximum Gasteiger partial charge on any atom is 0.233 e. The predicted octanol–water partition coefficient (Wildman–Crippen LogP) is 1.11. The average molecular weight is 336 g/mol. The molecule has 0 saturated carbocycles. The Morgan fingerprint density at radius 3 is 2.43 bits per heavy atom. The lowest BCUT2D eigenvalue weighted by molar-refractivity contribution is -0.120. The molecule has 0 saturated heterocycles. The molecule has 9 heteroatoms. The highest BCUT2D eigenvalue weighted by Crippen LogP contribution is 2.16. The molecule has 2 rings (SSSR count). The van der Waals surface area contributed by atoms with E-state index in [-0.39, 0.29) is 28.9 Å². The number of hydrogen-bond acceptors (Lipinski definition) is 7. The molecule has 7 nitrogen and oxygen atoms in total. The summed E-state index contributed by atoms with van der Waals surface area (Å²) >= 11 is 1.36. The summed E-state index contributed by atoms with van der Waals surface area (Å²) in [5, 5.41) is 2.48. The fraction of sp³-hybridized carbons (Fsp3) is 0.286. The van der Waals surface area contributed by atoms with Gasteiger partial charge in [0.1, 0.15) is 11.6 Å². The molecule has 1 amide bonds. The number of amides is 1. The van der Waals surface area contributed by atoms with Crippen molar-refractivity contribution in [1.82, 2.24) is 20.3 Å². The van der Waals surface area contributed by atoms with Crippen LogP contribution < -0.4 is 16.8 Å². The molecule has 0 fully saturated rings. The molecule has 1 aromatic heterocycles. The van der Waals surface area contributed by atoms with Crippen molar-refractivity contribution in [2.24, 2.45) is 0 Å². The number of carbonyl (C=O) groups is 1. The number of halogens is 1. The molecule has 122 valence electrons. The Balaban J connectivity index is 1.81. The average Bonchev–Trinajstić information content (AvgIpc) is 2.51. The van der Waals surface area contributed by atoms with Crippen LogP contribution in [0.2, 0.25) is 0 Å². The lowest BCUT2D eigenvalue weighted by Gasteiger charge is -2.12. The summed E-state index contributed by atoms with van der Waals surface area (Å²) in [6.45, 7) is 2.12. The zero-order chi connectivity index (χ0) is 16.8. The number of nitrogen functional groups attached to an aromatic ring is 2. The molecule has 0 aliphatic carbocycles. The van der Waals surface area contributed by atoms with Crippen molar-refractivity contribution < 1.29 is 9.18 Å². The smallest absolute Gasteiger partial charge is 0.233 e. The predicted molar refractivity (Wildman–Crippen MR) is 87.7 cm³/mol. The zero-order valence-electron chi connectivity index (χ0n) is 12.5. The van der Waals surface area contributed by atoms with E-state index in [1.165, 1.54) is 23.9 Å². The van der Waals surface area contributed by atoms with E-state index < -0.39 is 0 Å². The van der Waals surface area contributed by atoms with Gasteiger partial charge in [0.2, 0.25) is 17.8 Å². The Hall–Kier alpha value is -2.42. The standard InChI is InChI=1S/C14H17FN6OS/c1-8(23-7-11-19-13(16)21-14(17)20-11)12(22)18-6-9-2-4-10(15)5-3-9/h2-5,8H,6-7H2,1H3,(H,18,22)(H4,16,17,19,20,21). The van der Waals surface area contributed by atoms with Gasteiger partial charge >= 0.3 is 0 Å². The van der Waals surface area contributed by atoms with Gasteiger partial charge in [-0.3, -0.25) is 4.79 Å². The molecular weight excluding hydrogens is 319 g/mol. The Kier molecular flexibility index (Phi) is 5.69. The second-order valence-corrected chi connectivity index (χ2v) is 6.09. The summed E-state index contributed by atoms with van der Waals surface area (Å²) in [4.78, 5) is 23.6. The first kappa shape index (κ1) is 16.9. The number of nitrogens with two attached hydrogens (primary N) is 2. The lowest BCUT2D eigenvalue weighted by Crippen LogP contribution is -2.30. The molecular formula is C14H17FN6OS. The van der Waals surface area contributed by atoms with Gasteiger partial charge in [-0.1, -0.05) is 12.1 Å². The van der Waals surface area contributed by atoms with Crippen LogP contribution in [0.25, 0.3) is 0 Å². The van der Waals surface area contributed by atoms with Crippen LogP contribution in [0.1, 0.15) is 18.3 Å². The van der Waals surface area contributed by atoms with Crippen LogP contribution in [0.3, 0.4) is 0 Å². The van der Waals surface area contributed by atoms with Crippen molar-refractivity contribution in [2.75, 3.05) is 11.5 Å². The first-order chi connectivity index (χ1) is 10.9. The van der Waals surface area contributed by atoms with Crippen LogP contribution in [-0.4, -0.2) is 26.1 Å². The van der Waals surface area contributed by atoms with E-state index in [0.717, 1.165) is 5.56 Å². The van der Waals surface area contributed by atoms with Crippen LogP contribution in [-0.2, 0) is 17.1 Å². The van der Waals surface area contributed by atoms with Crippen molar-refractivity contribution in [3.05, 3.63) is 41.5 Å². The Morgan fingerprint density at radius 1 is 1.22 bits per heavy atom. The van der Waals surface area contributed by atoms with Gasteiger partial charge in [-0.25, -0.2) is 4.39 Å². The van der Waals surface area contributed by atoms with Gasteiger partial charge in [-0.05, 0) is 24.6 Å². The molecule has 1 aromatic carbocycles. The number of nitrogens with zero attached hydrogens (tertiary/aromatic N) is 3. The summed E-state index contributed by atoms with van der Waals surface area (Å²) in [7, 11) is 0. The maximum absolute atomic E-state index is 12.8. The molecule has 1 heterocycles. The van der Waals surface area contributed by atoms with Crippen LogP contribution in [0.5, 0.6) is 0 Å². The highest BCUT2D eigenvalue weighted by molar-refractivity contribution is 7.99. The highest BCUT2D eigenvalue weighted by atomic mass is 32.2. The molecule has 1 atom stereocenters. The van der Waals surface area contributed by atoms with Gasteiger partial charge in [-0.15, -0.1) is 11.8 Å². The number of benzene rings is 1. The van der Waals surface area contributed by atoms with Crippen molar-refractivity contribution in [3.8, 4) is 0 Å². The normalized spacial score (nSPS) is 11.9. The third-order valence-electron chi connectivity index (χ3n) is 2.93. The minimum atomic E-state index is -0.310. The van der Waals surface area contributed by atoms with Crippen LogP contribution in [0.4, 0.5) is 16.3 Å². The van der Waals surface area contributed by atoms with Gasteiger partial charge in [0.25, 0.3) is 0 Å². The van der Waals surface area contributed by atoms with Gasteiger partial charge in [0.05, 0.1) is 11.0 Å². The van der Waals surface area contributed by atoms with Crippen LogP contribution in [0.15, 0.2) is 24.3 Å². The van der Waals surface area contributed by atoms with Gasteiger partial charge < -0.3 is 16.8 Å². The Bertz CT molecular complexity index is 661. The molecule has 0 bridgehead atoms. The molecule has 0 aliphatic heterocycles. The summed E-state index contributed by atoms with van der Waals surface area (Å²) < 4.78 is 12.8. The molecule has 2 aromatic rings. The van der Waals surface area contributed by atoms with Gasteiger partial charge in [0, 0.05) is 6.54 Å². The number of hydrogen-bond donors (Lipinski definition) is 3. The molecule has 0 aliphatic rings. The first-order valence-corrected chi connectivity index (χ1v) is 7.88.